The molecule has 5 rings (SSSR count). The van der Waals surface area contributed by atoms with Crippen molar-refractivity contribution in [2.24, 2.45) is 0 Å². The van der Waals surface area contributed by atoms with Gasteiger partial charge in [-0.2, -0.15) is 5.10 Å². The van der Waals surface area contributed by atoms with Gasteiger partial charge < -0.3 is 10.6 Å². The minimum Gasteiger partial charge on any atom is -0.325 e. The van der Waals surface area contributed by atoms with Gasteiger partial charge in [0.05, 0.1) is 12.1 Å². The quantitative estimate of drug-likeness (QED) is 0.497. The van der Waals surface area contributed by atoms with Crippen LogP contribution in [-0.2, 0) is 16.0 Å². The average Bonchev–Trinajstić information content (AvgIpc) is 3.29. The molecule has 0 saturated heterocycles. The molecule has 0 bridgehead atoms. The van der Waals surface area contributed by atoms with Gasteiger partial charge in [0.2, 0.25) is 5.91 Å². The Morgan fingerprint density at radius 2 is 1.77 bits per heavy atom. The van der Waals surface area contributed by atoms with Crippen molar-refractivity contribution in [2.45, 2.75) is 25.8 Å². The van der Waals surface area contributed by atoms with Gasteiger partial charge in [0.15, 0.2) is 0 Å². The lowest BCUT2D eigenvalue weighted by Crippen LogP contribution is -2.24. The third kappa shape index (κ3) is 3.36. The van der Waals surface area contributed by atoms with E-state index in [0.717, 1.165) is 39.7 Å². The number of amides is 2. The van der Waals surface area contributed by atoms with Crippen LogP contribution in [0.15, 0.2) is 72.8 Å². The number of anilines is 2. The van der Waals surface area contributed by atoms with Gasteiger partial charge in [-0.05, 0) is 23.4 Å². The number of rotatable bonds is 5. The van der Waals surface area contributed by atoms with Crippen molar-refractivity contribution >= 4 is 34.1 Å². The fourth-order valence-corrected chi connectivity index (χ4v) is 4.18. The molecule has 1 aliphatic heterocycles. The first-order chi connectivity index (χ1) is 15.2. The van der Waals surface area contributed by atoms with E-state index >= 15 is 0 Å². The van der Waals surface area contributed by atoms with Crippen LogP contribution in [0.25, 0.3) is 21.9 Å². The van der Waals surface area contributed by atoms with Crippen LogP contribution in [0.2, 0.25) is 0 Å². The maximum Gasteiger partial charge on any atom is 0.251 e. The molecule has 2 heterocycles. The van der Waals surface area contributed by atoms with Crippen LogP contribution in [-0.4, -0.2) is 21.6 Å². The standard InChI is InChI=1S/C25H22N4O2/c1-2-19-23(17-10-4-3-5-11-17)24-27-25(31)21(29(24)28-19)15-22(30)26-20-14-8-12-16-9-6-7-13-18(16)20/h3-14,21H,2,15H2,1H3,(H,26,30)(H,27,31). The Hall–Kier alpha value is -3.93. The molecule has 6 nitrogen and oxygen atoms in total. The van der Waals surface area contributed by atoms with E-state index in [1.54, 1.807) is 4.68 Å². The SMILES string of the molecule is CCc1nn2c(c1-c1ccccc1)NC(=O)C2CC(=O)Nc1cccc2ccccc12. The lowest BCUT2D eigenvalue weighted by atomic mass is 10.0. The molecule has 31 heavy (non-hydrogen) atoms. The molecule has 1 aliphatic rings. The summed E-state index contributed by atoms with van der Waals surface area (Å²) in [4.78, 5) is 25.6. The Labute approximate surface area is 179 Å². The maximum absolute atomic E-state index is 12.9. The minimum absolute atomic E-state index is 0.0150. The summed E-state index contributed by atoms with van der Waals surface area (Å²) < 4.78 is 1.67. The molecular formula is C25H22N4O2. The highest BCUT2D eigenvalue weighted by molar-refractivity contribution is 6.06. The summed E-state index contributed by atoms with van der Waals surface area (Å²) in [6.45, 7) is 2.04. The molecule has 2 amide bonds. The van der Waals surface area contributed by atoms with Crippen LogP contribution in [0.4, 0.5) is 11.5 Å². The predicted molar refractivity (Wildman–Crippen MR) is 122 cm³/mol. The van der Waals surface area contributed by atoms with Crippen LogP contribution in [0.3, 0.4) is 0 Å². The van der Waals surface area contributed by atoms with E-state index in [-0.39, 0.29) is 18.2 Å². The number of nitrogens with zero attached hydrogens (tertiary/aromatic N) is 2. The fraction of sp³-hybridized carbons (Fsp3) is 0.160. The molecular weight excluding hydrogens is 388 g/mol. The first-order valence-corrected chi connectivity index (χ1v) is 10.4. The number of aromatic nitrogens is 2. The van der Waals surface area contributed by atoms with Gasteiger partial charge in [-0.1, -0.05) is 73.7 Å². The highest BCUT2D eigenvalue weighted by Crippen LogP contribution is 2.38. The van der Waals surface area contributed by atoms with E-state index in [2.05, 4.69) is 15.7 Å². The minimum atomic E-state index is -0.673. The maximum atomic E-state index is 12.9. The Morgan fingerprint density at radius 1 is 1.03 bits per heavy atom. The van der Waals surface area contributed by atoms with E-state index in [4.69, 9.17) is 0 Å². The summed E-state index contributed by atoms with van der Waals surface area (Å²) in [5.74, 6) is 0.227. The lowest BCUT2D eigenvalue weighted by molar-refractivity contribution is -0.123. The fourth-order valence-electron chi connectivity index (χ4n) is 4.18. The number of hydrogen-bond acceptors (Lipinski definition) is 3. The van der Waals surface area contributed by atoms with E-state index < -0.39 is 6.04 Å². The number of benzene rings is 3. The first kappa shape index (κ1) is 19.1. The van der Waals surface area contributed by atoms with E-state index in [0.29, 0.717) is 5.82 Å². The number of nitrogens with one attached hydrogen (secondary N) is 2. The van der Waals surface area contributed by atoms with Crippen LogP contribution in [0.5, 0.6) is 0 Å². The molecule has 2 N–H and O–H groups in total. The van der Waals surface area contributed by atoms with Crippen molar-refractivity contribution in [3.8, 4) is 11.1 Å². The van der Waals surface area contributed by atoms with Gasteiger partial charge in [-0.15, -0.1) is 0 Å². The van der Waals surface area contributed by atoms with E-state index in [1.807, 2.05) is 79.7 Å². The van der Waals surface area contributed by atoms with Crippen molar-refractivity contribution in [3.63, 3.8) is 0 Å². The molecule has 0 spiro atoms. The molecule has 4 aromatic rings. The van der Waals surface area contributed by atoms with Crippen molar-refractivity contribution in [2.75, 3.05) is 10.6 Å². The third-order valence-corrected chi connectivity index (χ3v) is 5.66. The van der Waals surface area contributed by atoms with Crippen LogP contribution < -0.4 is 10.6 Å². The smallest absolute Gasteiger partial charge is 0.251 e. The first-order valence-electron chi connectivity index (χ1n) is 10.4. The number of fused-ring (bicyclic) bond motifs is 2. The Morgan fingerprint density at radius 3 is 2.58 bits per heavy atom. The normalized spacial score (nSPS) is 15.0. The summed E-state index contributed by atoms with van der Waals surface area (Å²) in [5, 5.41) is 12.6. The lowest BCUT2D eigenvalue weighted by Gasteiger charge is -2.12. The van der Waals surface area contributed by atoms with Gasteiger partial charge in [-0.3, -0.25) is 9.59 Å². The molecule has 0 saturated carbocycles. The zero-order chi connectivity index (χ0) is 21.4. The van der Waals surface area contributed by atoms with Gasteiger partial charge in [-0.25, -0.2) is 4.68 Å². The average molecular weight is 410 g/mol. The monoisotopic (exact) mass is 410 g/mol. The Kier molecular flexibility index (Phi) is 4.75. The Bertz CT molecular complexity index is 1290. The Balaban J connectivity index is 1.43. The zero-order valence-electron chi connectivity index (χ0n) is 17.1. The van der Waals surface area contributed by atoms with Crippen LogP contribution in [0.1, 0.15) is 25.1 Å². The topological polar surface area (TPSA) is 76.0 Å². The summed E-state index contributed by atoms with van der Waals surface area (Å²) in [7, 11) is 0. The molecule has 1 atom stereocenters. The van der Waals surface area contributed by atoms with Gasteiger partial charge in [0.1, 0.15) is 11.9 Å². The highest BCUT2D eigenvalue weighted by atomic mass is 16.2. The van der Waals surface area contributed by atoms with Crippen LogP contribution in [0, 0.1) is 0 Å². The molecule has 154 valence electrons. The summed E-state index contributed by atoms with van der Waals surface area (Å²) in [6.07, 6.45) is 0.746. The molecule has 0 aliphatic carbocycles. The molecule has 3 aromatic carbocycles. The van der Waals surface area contributed by atoms with Crippen molar-refractivity contribution in [1.82, 2.24) is 9.78 Å². The molecule has 0 radical (unpaired) electrons. The highest BCUT2D eigenvalue weighted by Gasteiger charge is 2.36. The van der Waals surface area contributed by atoms with Crippen LogP contribution >= 0.6 is 0 Å². The second-order valence-corrected chi connectivity index (χ2v) is 7.62. The predicted octanol–water partition coefficient (Wildman–Crippen LogP) is 4.79. The van der Waals surface area contributed by atoms with Gasteiger partial charge >= 0.3 is 0 Å². The molecule has 6 heteroatoms. The number of carbonyl (C=O) groups is 2. The third-order valence-electron chi connectivity index (χ3n) is 5.66. The molecule has 1 unspecified atom stereocenters. The largest absolute Gasteiger partial charge is 0.325 e. The molecule has 0 fully saturated rings. The van der Waals surface area contributed by atoms with Gasteiger partial charge in [0.25, 0.3) is 5.91 Å². The van der Waals surface area contributed by atoms with E-state index in [9.17, 15) is 9.59 Å². The summed E-state index contributed by atoms with van der Waals surface area (Å²) in [6, 6.07) is 22.9. The second kappa shape index (κ2) is 7.72. The number of carbonyl (C=O) groups excluding carboxylic acids is 2. The number of hydrogen-bond donors (Lipinski definition) is 2. The zero-order valence-corrected chi connectivity index (χ0v) is 17.1. The van der Waals surface area contributed by atoms with E-state index in [1.165, 1.54) is 0 Å². The van der Waals surface area contributed by atoms with Crippen molar-refractivity contribution in [1.29, 1.82) is 0 Å². The van der Waals surface area contributed by atoms with Crippen molar-refractivity contribution in [3.05, 3.63) is 78.5 Å². The summed E-state index contributed by atoms with van der Waals surface area (Å²) >= 11 is 0. The second-order valence-electron chi connectivity index (χ2n) is 7.62. The van der Waals surface area contributed by atoms with Gasteiger partial charge in [0, 0.05) is 16.6 Å². The number of aryl methyl sites for hydroxylation is 1. The summed E-state index contributed by atoms with van der Waals surface area (Å²) in [5.41, 5.74) is 3.57. The molecule has 1 aromatic heterocycles. The van der Waals surface area contributed by atoms with Crippen molar-refractivity contribution < 1.29 is 9.59 Å².